The summed E-state index contributed by atoms with van der Waals surface area (Å²) in [5.74, 6) is 0.828. The average molecular weight is 255 g/mol. The van der Waals surface area contributed by atoms with Gasteiger partial charge in [0, 0.05) is 16.3 Å². The Morgan fingerprint density at radius 2 is 2.21 bits per heavy atom. The zero-order valence-electron chi connectivity index (χ0n) is 8.08. The predicted molar refractivity (Wildman–Crippen MR) is 60.1 cm³/mol. The number of hydrogen-bond donors (Lipinski definition) is 0. The van der Waals surface area contributed by atoms with Crippen LogP contribution in [0.1, 0.15) is 17.3 Å². The first-order valence-electron chi connectivity index (χ1n) is 4.41. The van der Waals surface area contributed by atoms with Gasteiger partial charge in [-0.15, -0.1) is 0 Å². The summed E-state index contributed by atoms with van der Waals surface area (Å²) in [4.78, 5) is 0.290. The van der Waals surface area contributed by atoms with Gasteiger partial charge in [-0.2, -0.15) is 0 Å². The first-order chi connectivity index (χ1) is 6.72. The Morgan fingerprint density at radius 1 is 1.43 bits per heavy atom. The number of ether oxygens (including phenoxy) is 1. The van der Waals surface area contributed by atoms with Crippen LogP contribution in [0.25, 0.3) is 11.0 Å². The molecule has 0 aliphatic rings. The van der Waals surface area contributed by atoms with Crippen molar-refractivity contribution in [3.63, 3.8) is 0 Å². The zero-order chi connectivity index (χ0) is 10.1. The smallest absolute Gasteiger partial charge is 0.137 e. The van der Waals surface area contributed by atoms with E-state index in [2.05, 4.69) is 22.9 Å². The van der Waals surface area contributed by atoms with Gasteiger partial charge in [-0.3, -0.25) is 0 Å². The van der Waals surface area contributed by atoms with Gasteiger partial charge in [0.2, 0.25) is 0 Å². The van der Waals surface area contributed by atoms with E-state index in [1.807, 2.05) is 18.2 Å². The summed E-state index contributed by atoms with van der Waals surface area (Å²) < 4.78 is 10.6. The standard InChI is InChI=1S/C11H11BrO2/c1-7(12)10-5-8(13-2)6-11-9(10)3-4-14-11/h3-7H,1-2H3. The van der Waals surface area contributed by atoms with Gasteiger partial charge in [0.25, 0.3) is 0 Å². The van der Waals surface area contributed by atoms with Crippen molar-refractivity contribution in [2.45, 2.75) is 11.8 Å². The Balaban J connectivity index is 2.70. The molecule has 0 aliphatic heterocycles. The highest BCUT2D eigenvalue weighted by Crippen LogP contribution is 2.33. The van der Waals surface area contributed by atoms with Crippen LogP contribution in [0.5, 0.6) is 5.75 Å². The summed E-state index contributed by atoms with van der Waals surface area (Å²) in [6.07, 6.45) is 1.70. The molecule has 0 radical (unpaired) electrons. The Morgan fingerprint density at radius 3 is 2.86 bits per heavy atom. The number of fused-ring (bicyclic) bond motifs is 1. The lowest BCUT2D eigenvalue weighted by Crippen LogP contribution is -1.88. The molecule has 1 unspecified atom stereocenters. The summed E-state index contributed by atoms with van der Waals surface area (Å²) in [5, 5.41) is 1.13. The fourth-order valence-electron chi connectivity index (χ4n) is 1.52. The van der Waals surface area contributed by atoms with Gasteiger partial charge >= 0.3 is 0 Å². The molecule has 0 aliphatic carbocycles. The van der Waals surface area contributed by atoms with E-state index in [0.29, 0.717) is 0 Å². The van der Waals surface area contributed by atoms with Crippen LogP contribution >= 0.6 is 15.9 Å². The lowest BCUT2D eigenvalue weighted by Gasteiger charge is -2.07. The maximum Gasteiger partial charge on any atom is 0.137 e. The molecule has 14 heavy (non-hydrogen) atoms. The van der Waals surface area contributed by atoms with E-state index in [1.54, 1.807) is 13.4 Å². The van der Waals surface area contributed by atoms with Crippen molar-refractivity contribution >= 4 is 26.9 Å². The number of benzene rings is 1. The average Bonchev–Trinajstić information content (AvgIpc) is 2.63. The lowest BCUT2D eigenvalue weighted by molar-refractivity contribution is 0.414. The van der Waals surface area contributed by atoms with Crippen LogP contribution < -0.4 is 4.74 Å². The van der Waals surface area contributed by atoms with Crippen molar-refractivity contribution in [1.82, 2.24) is 0 Å². The molecule has 0 saturated carbocycles. The SMILES string of the molecule is COc1cc(C(C)Br)c2ccoc2c1. The number of alkyl halides is 1. The van der Waals surface area contributed by atoms with Crippen LogP contribution in [-0.4, -0.2) is 7.11 Å². The molecule has 1 aromatic heterocycles. The Bertz CT molecular complexity index is 445. The van der Waals surface area contributed by atoms with Crippen molar-refractivity contribution in [3.8, 4) is 5.75 Å². The van der Waals surface area contributed by atoms with Crippen LogP contribution in [-0.2, 0) is 0 Å². The van der Waals surface area contributed by atoms with Crippen molar-refractivity contribution < 1.29 is 9.15 Å². The van der Waals surface area contributed by atoms with Gasteiger partial charge in [-0.05, 0) is 24.6 Å². The third-order valence-electron chi connectivity index (χ3n) is 2.24. The Kier molecular flexibility index (Phi) is 2.50. The minimum atomic E-state index is 0.290. The molecule has 0 N–H and O–H groups in total. The van der Waals surface area contributed by atoms with E-state index in [0.717, 1.165) is 16.7 Å². The highest BCUT2D eigenvalue weighted by atomic mass is 79.9. The third-order valence-corrected chi connectivity index (χ3v) is 2.73. The summed E-state index contributed by atoms with van der Waals surface area (Å²) in [7, 11) is 1.66. The number of hydrogen-bond acceptors (Lipinski definition) is 2. The molecule has 0 spiro atoms. The number of halogens is 1. The number of methoxy groups -OCH3 is 1. The first kappa shape index (κ1) is 9.59. The fourth-order valence-corrected chi connectivity index (χ4v) is 1.90. The second-order valence-corrected chi connectivity index (χ2v) is 4.54. The number of furan rings is 1. The minimum Gasteiger partial charge on any atom is -0.497 e. The van der Waals surface area contributed by atoms with Crippen LogP contribution in [0.4, 0.5) is 0 Å². The van der Waals surface area contributed by atoms with Crippen LogP contribution in [0.15, 0.2) is 28.9 Å². The second kappa shape index (κ2) is 3.65. The molecule has 1 heterocycles. The topological polar surface area (TPSA) is 22.4 Å². The highest BCUT2D eigenvalue weighted by molar-refractivity contribution is 9.09. The van der Waals surface area contributed by atoms with Gasteiger partial charge in [-0.1, -0.05) is 15.9 Å². The second-order valence-electron chi connectivity index (χ2n) is 3.17. The van der Waals surface area contributed by atoms with Gasteiger partial charge < -0.3 is 9.15 Å². The van der Waals surface area contributed by atoms with Crippen molar-refractivity contribution in [3.05, 3.63) is 30.0 Å². The van der Waals surface area contributed by atoms with E-state index in [9.17, 15) is 0 Å². The molecule has 2 nitrogen and oxygen atoms in total. The summed E-state index contributed by atoms with van der Waals surface area (Å²) in [5.41, 5.74) is 2.05. The molecule has 0 amide bonds. The van der Waals surface area contributed by atoms with Crippen LogP contribution in [0.3, 0.4) is 0 Å². The quantitative estimate of drug-likeness (QED) is 0.759. The predicted octanol–water partition coefficient (Wildman–Crippen LogP) is 3.90. The summed E-state index contributed by atoms with van der Waals surface area (Å²) in [6, 6.07) is 5.90. The molecular formula is C11H11BrO2. The van der Waals surface area contributed by atoms with Gasteiger partial charge in [0.05, 0.1) is 13.4 Å². The molecule has 1 atom stereocenters. The summed E-state index contributed by atoms with van der Waals surface area (Å²) in [6.45, 7) is 2.08. The molecule has 3 heteroatoms. The molecule has 0 bridgehead atoms. The van der Waals surface area contributed by atoms with E-state index in [4.69, 9.17) is 9.15 Å². The Labute approximate surface area is 91.0 Å². The van der Waals surface area contributed by atoms with Crippen LogP contribution in [0, 0.1) is 0 Å². The molecule has 2 rings (SSSR count). The largest absolute Gasteiger partial charge is 0.497 e. The van der Waals surface area contributed by atoms with Gasteiger partial charge in [0.15, 0.2) is 0 Å². The molecule has 74 valence electrons. The fraction of sp³-hybridized carbons (Fsp3) is 0.273. The maximum absolute atomic E-state index is 5.35. The zero-order valence-corrected chi connectivity index (χ0v) is 9.67. The molecule has 0 fully saturated rings. The normalized spacial score (nSPS) is 13.1. The van der Waals surface area contributed by atoms with Crippen LogP contribution in [0.2, 0.25) is 0 Å². The molecule has 2 aromatic rings. The summed E-state index contributed by atoms with van der Waals surface area (Å²) >= 11 is 3.55. The van der Waals surface area contributed by atoms with E-state index in [1.165, 1.54) is 5.56 Å². The monoisotopic (exact) mass is 254 g/mol. The van der Waals surface area contributed by atoms with Crippen molar-refractivity contribution in [1.29, 1.82) is 0 Å². The van der Waals surface area contributed by atoms with E-state index >= 15 is 0 Å². The third kappa shape index (κ3) is 1.52. The Hall–Kier alpha value is -0.960. The minimum absolute atomic E-state index is 0.290. The number of rotatable bonds is 2. The first-order valence-corrected chi connectivity index (χ1v) is 5.33. The lowest BCUT2D eigenvalue weighted by atomic mass is 10.1. The van der Waals surface area contributed by atoms with Gasteiger partial charge in [0.1, 0.15) is 11.3 Å². The van der Waals surface area contributed by atoms with Crippen molar-refractivity contribution in [2.75, 3.05) is 7.11 Å². The molecule has 1 aromatic carbocycles. The molecule has 0 saturated heterocycles. The van der Waals surface area contributed by atoms with E-state index < -0.39 is 0 Å². The van der Waals surface area contributed by atoms with E-state index in [-0.39, 0.29) is 4.83 Å². The maximum atomic E-state index is 5.35. The van der Waals surface area contributed by atoms with Crippen molar-refractivity contribution in [2.24, 2.45) is 0 Å². The highest BCUT2D eigenvalue weighted by Gasteiger charge is 2.10. The van der Waals surface area contributed by atoms with Gasteiger partial charge in [-0.25, -0.2) is 0 Å². The molecular weight excluding hydrogens is 244 g/mol.